The van der Waals surface area contributed by atoms with Gasteiger partial charge in [-0.1, -0.05) is 60.7 Å². The number of benzene rings is 2. The Kier molecular flexibility index (Phi) is 4.71. The Morgan fingerprint density at radius 3 is 2.00 bits per heavy atom. The van der Waals surface area contributed by atoms with E-state index in [4.69, 9.17) is 0 Å². The number of hydrogen-bond donors (Lipinski definition) is 0. The van der Waals surface area contributed by atoms with Crippen LogP contribution in [0.25, 0.3) is 0 Å². The maximum absolute atomic E-state index is 4.63. The Morgan fingerprint density at radius 1 is 0.833 bits per heavy atom. The topological polar surface area (TPSA) is 12.4 Å². The molecule has 18 heavy (non-hydrogen) atoms. The van der Waals surface area contributed by atoms with Crippen LogP contribution in [0.3, 0.4) is 0 Å². The summed E-state index contributed by atoms with van der Waals surface area (Å²) in [6.45, 7) is 2.91. The lowest BCUT2D eigenvalue weighted by Gasteiger charge is -2.02. The summed E-state index contributed by atoms with van der Waals surface area (Å²) in [5.74, 6) is 0. The van der Waals surface area contributed by atoms with Crippen LogP contribution in [0.15, 0.2) is 65.7 Å². The van der Waals surface area contributed by atoms with E-state index in [0.29, 0.717) is 0 Å². The molecule has 0 heterocycles. The molecule has 1 heteroatoms. The predicted molar refractivity (Wildman–Crippen MR) is 78.0 cm³/mol. The lowest BCUT2D eigenvalue weighted by atomic mass is 10.1. The largest absolute Gasteiger partial charge is 0.290 e. The van der Waals surface area contributed by atoms with E-state index >= 15 is 0 Å². The minimum absolute atomic E-state index is 0.793. The van der Waals surface area contributed by atoms with Crippen molar-refractivity contribution in [3.63, 3.8) is 0 Å². The third kappa shape index (κ3) is 4.17. The van der Waals surface area contributed by atoms with Crippen LogP contribution < -0.4 is 0 Å². The molecule has 0 saturated heterocycles. The van der Waals surface area contributed by atoms with E-state index in [-0.39, 0.29) is 0 Å². The van der Waals surface area contributed by atoms with E-state index < -0.39 is 0 Å². The van der Waals surface area contributed by atoms with Crippen LogP contribution in [0.5, 0.6) is 0 Å². The third-order valence-electron chi connectivity index (χ3n) is 2.99. The molecule has 0 unspecified atom stereocenters. The lowest BCUT2D eigenvalue weighted by Crippen LogP contribution is -1.96. The van der Waals surface area contributed by atoms with Crippen molar-refractivity contribution < 1.29 is 0 Å². The minimum atomic E-state index is 0.793. The van der Waals surface area contributed by atoms with E-state index in [1.54, 1.807) is 0 Å². The van der Waals surface area contributed by atoms with Crippen LogP contribution in [0.2, 0.25) is 0 Å². The maximum Gasteiger partial charge on any atom is 0.0639 e. The summed E-state index contributed by atoms with van der Waals surface area (Å²) >= 11 is 0. The van der Waals surface area contributed by atoms with Gasteiger partial charge in [0.1, 0.15) is 0 Å². The van der Waals surface area contributed by atoms with Crippen LogP contribution >= 0.6 is 0 Å². The molecule has 2 aromatic rings. The average Bonchev–Trinajstić information content (AvgIpc) is 2.45. The van der Waals surface area contributed by atoms with Gasteiger partial charge in [0.05, 0.1) is 6.54 Å². The summed E-state index contributed by atoms with van der Waals surface area (Å²) in [6, 6.07) is 21.0. The van der Waals surface area contributed by atoms with E-state index in [1.807, 2.05) is 6.07 Å². The van der Waals surface area contributed by atoms with Gasteiger partial charge in [-0.25, -0.2) is 0 Å². The van der Waals surface area contributed by atoms with E-state index in [0.717, 1.165) is 19.4 Å². The molecule has 1 nitrogen and oxygen atoms in total. The van der Waals surface area contributed by atoms with E-state index in [2.05, 4.69) is 66.5 Å². The monoisotopic (exact) mass is 237 g/mol. The molecule has 0 atom stereocenters. The molecule has 0 saturated carbocycles. The smallest absolute Gasteiger partial charge is 0.0639 e. The number of hydrogen-bond acceptors (Lipinski definition) is 1. The fourth-order valence-electron chi connectivity index (χ4n) is 1.86. The normalized spacial score (nSPS) is 11.5. The highest BCUT2D eigenvalue weighted by Gasteiger charge is 1.95. The zero-order valence-electron chi connectivity index (χ0n) is 10.8. The molecular weight excluding hydrogens is 218 g/mol. The highest BCUT2D eigenvalue weighted by Crippen LogP contribution is 2.05. The Balaban J connectivity index is 1.83. The van der Waals surface area contributed by atoms with Gasteiger partial charge in [-0.3, -0.25) is 4.99 Å². The fraction of sp³-hybridized carbons (Fsp3) is 0.235. The van der Waals surface area contributed by atoms with Gasteiger partial charge in [0.25, 0.3) is 0 Å². The van der Waals surface area contributed by atoms with Crippen molar-refractivity contribution in [2.45, 2.75) is 26.3 Å². The summed E-state index contributed by atoms with van der Waals surface area (Å²) in [5.41, 5.74) is 3.88. The fourth-order valence-corrected chi connectivity index (χ4v) is 1.86. The standard InChI is InChI=1S/C17H19N/c1-15(12-13-16-8-4-2-5-9-16)18-14-17-10-6-3-7-11-17/h2-11H,12-14H2,1H3. The van der Waals surface area contributed by atoms with Gasteiger partial charge in [0, 0.05) is 5.71 Å². The van der Waals surface area contributed by atoms with Gasteiger partial charge in [-0.05, 0) is 30.9 Å². The second kappa shape index (κ2) is 6.75. The zero-order chi connectivity index (χ0) is 12.6. The number of aryl methyl sites for hydroxylation is 1. The third-order valence-corrected chi connectivity index (χ3v) is 2.99. The molecule has 0 amide bonds. The molecular formula is C17H19N. The maximum atomic E-state index is 4.63. The first-order valence-electron chi connectivity index (χ1n) is 6.42. The summed E-state index contributed by atoms with van der Waals surface area (Å²) in [5, 5.41) is 0. The molecule has 0 spiro atoms. The first kappa shape index (κ1) is 12.6. The molecule has 0 aromatic heterocycles. The molecule has 2 rings (SSSR count). The summed E-state index contributed by atoms with van der Waals surface area (Å²) in [7, 11) is 0. The Hall–Kier alpha value is -1.89. The molecule has 2 aromatic carbocycles. The lowest BCUT2D eigenvalue weighted by molar-refractivity contribution is 0.988. The molecule has 0 aliphatic heterocycles. The van der Waals surface area contributed by atoms with Gasteiger partial charge >= 0.3 is 0 Å². The Bertz CT molecular complexity index is 486. The number of aliphatic imine (C=N–C) groups is 1. The van der Waals surface area contributed by atoms with Crippen molar-refractivity contribution in [1.82, 2.24) is 0 Å². The summed E-state index contributed by atoms with van der Waals surface area (Å²) in [4.78, 5) is 4.63. The first-order valence-corrected chi connectivity index (χ1v) is 6.42. The molecule has 0 aliphatic carbocycles. The molecule has 0 N–H and O–H groups in total. The Morgan fingerprint density at radius 2 is 1.39 bits per heavy atom. The Labute approximate surface area is 109 Å². The van der Waals surface area contributed by atoms with Gasteiger partial charge in [-0.2, -0.15) is 0 Å². The van der Waals surface area contributed by atoms with Crippen molar-refractivity contribution in [3.05, 3.63) is 71.8 Å². The highest BCUT2D eigenvalue weighted by atomic mass is 14.7. The van der Waals surface area contributed by atoms with Gasteiger partial charge in [0.15, 0.2) is 0 Å². The predicted octanol–water partition coefficient (Wildman–Crippen LogP) is 4.28. The number of rotatable bonds is 5. The van der Waals surface area contributed by atoms with Crippen LogP contribution in [-0.4, -0.2) is 5.71 Å². The zero-order valence-corrected chi connectivity index (χ0v) is 10.8. The van der Waals surface area contributed by atoms with Crippen LogP contribution in [0, 0.1) is 0 Å². The SMILES string of the molecule is CC(CCc1ccccc1)=NCc1ccccc1. The van der Waals surface area contributed by atoms with Crippen molar-refractivity contribution in [2.75, 3.05) is 0 Å². The van der Waals surface area contributed by atoms with Crippen LogP contribution in [-0.2, 0) is 13.0 Å². The van der Waals surface area contributed by atoms with Crippen molar-refractivity contribution in [1.29, 1.82) is 0 Å². The molecule has 0 fully saturated rings. The van der Waals surface area contributed by atoms with Crippen LogP contribution in [0.1, 0.15) is 24.5 Å². The molecule has 0 bridgehead atoms. The summed E-state index contributed by atoms with van der Waals surface area (Å²) in [6.07, 6.45) is 2.11. The van der Waals surface area contributed by atoms with Crippen molar-refractivity contribution in [2.24, 2.45) is 4.99 Å². The number of nitrogens with zero attached hydrogens (tertiary/aromatic N) is 1. The van der Waals surface area contributed by atoms with E-state index in [9.17, 15) is 0 Å². The second-order valence-electron chi connectivity index (χ2n) is 4.52. The highest BCUT2D eigenvalue weighted by molar-refractivity contribution is 5.82. The second-order valence-corrected chi connectivity index (χ2v) is 4.52. The van der Waals surface area contributed by atoms with E-state index in [1.165, 1.54) is 16.8 Å². The summed E-state index contributed by atoms with van der Waals surface area (Å²) < 4.78 is 0. The quantitative estimate of drug-likeness (QED) is 0.688. The average molecular weight is 237 g/mol. The van der Waals surface area contributed by atoms with Crippen molar-refractivity contribution >= 4 is 5.71 Å². The van der Waals surface area contributed by atoms with Gasteiger partial charge in [-0.15, -0.1) is 0 Å². The van der Waals surface area contributed by atoms with Crippen LogP contribution in [0.4, 0.5) is 0 Å². The molecule has 0 radical (unpaired) electrons. The molecule has 92 valence electrons. The van der Waals surface area contributed by atoms with Crippen molar-refractivity contribution in [3.8, 4) is 0 Å². The molecule has 0 aliphatic rings. The van der Waals surface area contributed by atoms with Gasteiger partial charge < -0.3 is 0 Å². The van der Waals surface area contributed by atoms with Gasteiger partial charge in [0.2, 0.25) is 0 Å². The first-order chi connectivity index (χ1) is 8.84. The minimum Gasteiger partial charge on any atom is -0.290 e.